The number of amides is 3. The molecule has 0 aromatic rings. The van der Waals surface area contributed by atoms with Gasteiger partial charge in [-0.2, -0.15) is 0 Å². The molecule has 0 bridgehead atoms. The molecular formula is C21H41N3O15P2. The maximum absolute atomic E-state index is 12.1. The average Bonchev–Trinajstić information content (AvgIpc) is 2.91. The molecule has 0 rings (SSSR count). The van der Waals surface area contributed by atoms with Gasteiger partial charge in [0.25, 0.3) is 6.47 Å². The van der Waals surface area contributed by atoms with Crippen LogP contribution < -0.4 is 16.0 Å². The van der Waals surface area contributed by atoms with Gasteiger partial charge in [0.15, 0.2) is 0 Å². The van der Waals surface area contributed by atoms with Crippen LogP contribution in [0.3, 0.4) is 0 Å². The predicted molar refractivity (Wildman–Crippen MR) is 141 cm³/mol. The fourth-order valence-electron chi connectivity index (χ4n) is 2.57. The lowest BCUT2D eigenvalue weighted by molar-refractivity contribution is -0.129. The molecule has 0 aliphatic carbocycles. The quantitative estimate of drug-likeness (QED) is 0.0329. The molecule has 3 amide bonds. The van der Waals surface area contributed by atoms with Crippen LogP contribution in [-0.2, 0) is 55.8 Å². The molecule has 0 radical (unpaired) electrons. The maximum Gasteiger partial charge on any atom is 0.472 e. The van der Waals surface area contributed by atoms with Crippen molar-refractivity contribution in [2.45, 2.75) is 38.6 Å². The standard InChI is InChI=1S/C21H41N3O15P2/c1-2-9-34-16-19(24-20(27)5-8-25)17-39-41(31,32)38-15-7-23-21(28)22-6-14-37-40(29,30)36-13-4-11-33-10-3-12-35-18-26/h8,18-19H,2-7,9-17H2,1H3,(H,24,27)(H,29,30)(H,31,32)(H2,22,23,28)/t19-/m1/s1. The van der Waals surface area contributed by atoms with Crippen LogP contribution in [0, 0.1) is 0 Å². The van der Waals surface area contributed by atoms with Crippen molar-refractivity contribution in [2.24, 2.45) is 0 Å². The molecule has 0 aromatic heterocycles. The fraction of sp³-hybridized carbons (Fsp3) is 0.810. The highest BCUT2D eigenvalue weighted by Crippen LogP contribution is 2.43. The van der Waals surface area contributed by atoms with E-state index in [1.165, 1.54) is 0 Å². The van der Waals surface area contributed by atoms with E-state index in [2.05, 4.69) is 20.7 Å². The van der Waals surface area contributed by atoms with Crippen molar-refractivity contribution in [2.75, 3.05) is 72.6 Å². The summed E-state index contributed by atoms with van der Waals surface area (Å²) >= 11 is 0. The van der Waals surface area contributed by atoms with Crippen LogP contribution >= 0.6 is 15.6 Å². The molecule has 3 atom stereocenters. The van der Waals surface area contributed by atoms with Gasteiger partial charge in [0.05, 0.1) is 52.1 Å². The number of phosphoric acid groups is 2. The van der Waals surface area contributed by atoms with Gasteiger partial charge in [-0.3, -0.25) is 27.7 Å². The molecule has 0 spiro atoms. The zero-order valence-corrected chi connectivity index (χ0v) is 24.7. The smallest absolute Gasteiger partial charge is 0.468 e. The van der Waals surface area contributed by atoms with Gasteiger partial charge >= 0.3 is 21.7 Å². The molecule has 0 saturated carbocycles. The van der Waals surface area contributed by atoms with Gasteiger partial charge in [-0.15, -0.1) is 0 Å². The summed E-state index contributed by atoms with van der Waals surface area (Å²) in [6.45, 7) is 1.84. The van der Waals surface area contributed by atoms with E-state index >= 15 is 0 Å². The second kappa shape index (κ2) is 24.6. The van der Waals surface area contributed by atoms with Crippen molar-refractivity contribution in [3.05, 3.63) is 0 Å². The van der Waals surface area contributed by atoms with E-state index in [-0.39, 0.29) is 52.5 Å². The largest absolute Gasteiger partial charge is 0.472 e. The SMILES string of the molecule is CCCOC[C@H](COP(=O)(O)OCCNC(=O)NCCOP(=O)(O)OCCCOCCCOC=O)NC(=O)CC=O. The Hall–Kier alpha value is -1.98. The van der Waals surface area contributed by atoms with Gasteiger partial charge in [-0.05, 0) is 12.8 Å². The molecule has 18 nitrogen and oxygen atoms in total. The minimum absolute atomic E-state index is 0.0157. The molecule has 2 unspecified atom stereocenters. The highest BCUT2D eigenvalue weighted by molar-refractivity contribution is 7.47. The Morgan fingerprint density at radius 1 is 0.780 bits per heavy atom. The van der Waals surface area contributed by atoms with Crippen molar-refractivity contribution in [3.8, 4) is 0 Å². The first-order chi connectivity index (χ1) is 19.5. The van der Waals surface area contributed by atoms with Gasteiger partial charge in [0, 0.05) is 39.3 Å². The zero-order chi connectivity index (χ0) is 30.8. The van der Waals surface area contributed by atoms with Gasteiger partial charge in [-0.25, -0.2) is 13.9 Å². The molecule has 41 heavy (non-hydrogen) atoms. The van der Waals surface area contributed by atoms with E-state index in [4.69, 9.17) is 27.6 Å². The predicted octanol–water partition coefficient (Wildman–Crippen LogP) is 0.0230. The lowest BCUT2D eigenvalue weighted by Crippen LogP contribution is -2.41. The highest BCUT2D eigenvalue weighted by atomic mass is 31.2. The Kier molecular flexibility index (Phi) is 23.4. The fourth-order valence-corrected chi connectivity index (χ4v) is 4.09. The van der Waals surface area contributed by atoms with Crippen LogP contribution in [0.1, 0.15) is 32.6 Å². The molecule has 0 aromatic carbocycles. The van der Waals surface area contributed by atoms with Crippen LogP contribution in [0.4, 0.5) is 4.79 Å². The van der Waals surface area contributed by atoms with Crippen LogP contribution in [-0.4, -0.2) is 113 Å². The van der Waals surface area contributed by atoms with Crippen molar-refractivity contribution >= 4 is 40.3 Å². The van der Waals surface area contributed by atoms with Gasteiger partial charge < -0.3 is 44.7 Å². The molecule has 240 valence electrons. The molecule has 0 aliphatic heterocycles. The van der Waals surface area contributed by atoms with Crippen molar-refractivity contribution < 1.29 is 70.4 Å². The monoisotopic (exact) mass is 637 g/mol. The third-order valence-electron chi connectivity index (χ3n) is 4.33. The summed E-state index contributed by atoms with van der Waals surface area (Å²) in [5, 5.41) is 7.12. The first-order valence-corrected chi connectivity index (χ1v) is 15.7. The Balaban J connectivity index is 4.03. The molecule has 0 saturated heterocycles. The van der Waals surface area contributed by atoms with Gasteiger partial charge in [0.2, 0.25) is 5.91 Å². The number of aldehydes is 1. The number of hydrogen-bond acceptors (Lipinski definition) is 13. The number of carbonyl (C=O) groups excluding carboxylic acids is 4. The molecular weight excluding hydrogens is 596 g/mol. The number of ether oxygens (including phenoxy) is 3. The highest BCUT2D eigenvalue weighted by Gasteiger charge is 2.24. The summed E-state index contributed by atoms with van der Waals surface area (Å²) in [6.07, 6.45) is 1.58. The third-order valence-corrected chi connectivity index (χ3v) is 6.33. The van der Waals surface area contributed by atoms with E-state index in [0.717, 1.165) is 0 Å². The minimum Gasteiger partial charge on any atom is -0.468 e. The summed E-state index contributed by atoms with van der Waals surface area (Å²) < 4.78 is 58.0. The molecule has 20 heteroatoms. The van der Waals surface area contributed by atoms with E-state index in [1.807, 2.05) is 6.92 Å². The van der Waals surface area contributed by atoms with E-state index in [0.29, 0.717) is 45.2 Å². The van der Waals surface area contributed by atoms with E-state index < -0.39 is 46.8 Å². The van der Waals surface area contributed by atoms with Crippen LogP contribution in [0.25, 0.3) is 0 Å². The number of hydrogen-bond donors (Lipinski definition) is 5. The van der Waals surface area contributed by atoms with Gasteiger partial charge in [0.1, 0.15) is 6.29 Å². The summed E-state index contributed by atoms with van der Waals surface area (Å²) in [5.74, 6) is -0.602. The summed E-state index contributed by atoms with van der Waals surface area (Å²) in [4.78, 5) is 63.2. The number of carbonyl (C=O) groups is 4. The van der Waals surface area contributed by atoms with Crippen molar-refractivity contribution in [1.82, 2.24) is 16.0 Å². The zero-order valence-electron chi connectivity index (χ0n) is 22.9. The maximum atomic E-state index is 12.1. The number of nitrogens with one attached hydrogen (secondary N) is 3. The Morgan fingerprint density at radius 2 is 1.37 bits per heavy atom. The average molecular weight is 638 g/mol. The molecule has 0 fully saturated rings. The Labute approximate surface area is 238 Å². The lowest BCUT2D eigenvalue weighted by atomic mass is 10.3. The lowest BCUT2D eigenvalue weighted by Gasteiger charge is -2.20. The Bertz CT molecular complexity index is 836. The molecule has 0 heterocycles. The third kappa shape index (κ3) is 25.5. The van der Waals surface area contributed by atoms with Crippen molar-refractivity contribution in [3.63, 3.8) is 0 Å². The molecule has 0 aliphatic rings. The summed E-state index contributed by atoms with van der Waals surface area (Å²) in [6, 6.07) is -1.51. The van der Waals surface area contributed by atoms with Crippen LogP contribution in [0.15, 0.2) is 0 Å². The van der Waals surface area contributed by atoms with Gasteiger partial charge in [-0.1, -0.05) is 6.92 Å². The Morgan fingerprint density at radius 3 is 1.95 bits per heavy atom. The minimum atomic E-state index is -4.54. The summed E-state index contributed by atoms with van der Waals surface area (Å²) in [5.41, 5.74) is 0. The number of urea groups is 1. The van der Waals surface area contributed by atoms with E-state index in [1.54, 1.807) is 0 Å². The van der Waals surface area contributed by atoms with Crippen LogP contribution in [0.5, 0.6) is 0 Å². The molecule has 5 N–H and O–H groups in total. The normalized spacial score (nSPS) is 14.7. The topological polar surface area (TPSA) is 244 Å². The van der Waals surface area contributed by atoms with Crippen LogP contribution in [0.2, 0.25) is 0 Å². The first kappa shape index (κ1) is 39.0. The number of phosphoric ester groups is 2. The van der Waals surface area contributed by atoms with E-state index in [9.17, 15) is 38.1 Å². The number of rotatable bonds is 28. The second-order valence-electron chi connectivity index (χ2n) is 7.91. The van der Waals surface area contributed by atoms with Crippen molar-refractivity contribution in [1.29, 1.82) is 0 Å². The first-order valence-electron chi connectivity index (χ1n) is 12.7. The summed E-state index contributed by atoms with van der Waals surface area (Å²) in [7, 11) is -8.86. The second-order valence-corrected chi connectivity index (χ2v) is 10.8.